The molecule has 0 radical (unpaired) electrons. The van der Waals surface area contributed by atoms with E-state index in [0.717, 1.165) is 50.4 Å². The molecular weight excluding hydrogens is 404 g/mol. The van der Waals surface area contributed by atoms with Crippen molar-refractivity contribution in [1.82, 2.24) is 20.3 Å². The van der Waals surface area contributed by atoms with Crippen LogP contribution in [0.2, 0.25) is 0 Å². The lowest BCUT2D eigenvalue weighted by atomic mass is 10.2. The van der Waals surface area contributed by atoms with Crippen molar-refractivity contribution < 1.29 is 9.59 Å². The number of carbonyl (C=O) groups is 2. The fourth-order valence-electron chi connectivity index (χ4n) is 3.86. The molecule has 2 fully saturated rings. The number of amides is 1. The predicted octanol–water partition coefficient (Wildman–Crippen LogP) is 2.88. The van der Waals surface area contributed by atoms with Crippen LogP contribution in [0.25, 0.3) is 0 Å². The minimum absolute atomic E-state index is 0.0407. The number of nitrogens with zero attached hydrogens (tertiary/aromatic N) is 5. The Kier molecular flexibility index (Phi) is 8.53. The summed E-state index contributed by atoms with van der Waals surface area (Å²) in [7, 11) is 2.09. The molecule has 0 aromatic carbocycles. The van der Waals surface area contributed by atoms with E-state index in [1.807, 2.05) is 18.2 Å². The van der Waals surface area contributed by atoms with Gasteiger partial charge in [0, 0.05) is 51.5 Å². The fraction of sp³-hybridized carbons (Fsp3) is 0.542. The van der Waals surface area contributed by atoms with Gasteiger partial charge < -0.3 is 19.9 Å². The van der Waals surface area contributed by atoms with Gasteiger partial charge in [-0.05, 0) is 56.7 Å². The van der Waals surface area contributed by atoms with Crippen LogP contribution in [-0.4, -0.2) is 59.9 Å². The summed E-state index contributed by atoms with van der Waals surface area (Å²) in [6.45, 7) is 6.54. The molecule has 4 heterocycles. The zero-order valence-corrected chi connectivity index (χ0v) is 19.3. The second kappa shape index (κ2) is 11.5. The molecule has 2 bridgehead atoms. The monoisotopic (exact) mass is 438 g/mol. The van der Waals surface area contributed by atoms with E-state index in [2.05, 4.69) is 44.0 Å². The third-order valence-corrected chi connectivity index (χ3v) is 5.81. The van der Waals surface area contributed by atoms with Gasteiger partial charge in [-0.1, -0.05) is 6.92 Å². The summed E-state index contributed by atoms with van der Waals surface area (Å²) in [5.74, 6) is 2.56. The Morgan fingerprint density at radius 2 is 1.94 bits per heavy atom. The zero-order valence-electron chi connectivity index (χ0n) is 19.3. The van der Waals surface area contributed by atoms with Crippen molar-refractivity contribution in [3.05, 3.63) is 42.1 Å². The Morgan fingerprint density at radius 3 is 2.59 bits per heavy atom. The van der Waals surface area contributed by atoms with E-state index < -0.39 is 0 Å². The highest BCUT2D eigenvalue weighted by Gasteiger charge is 2.35. The van der Waals surface area contributed by atoms with Gasteiger partial charge in [-0.3, -0.25) is 4.79 Å². The Balaban J connectivity index is 0.000000202. The van der Waals surface area contributed by atoms with Crippen LogP contribution < -0.4 is 15.1 Å². The standard InChI is InChI=1S/C15H20N4O.C7H10N2.C2H4O/c1-18-11-6-7-19(9-11)13-5-4-12(17-14(13)18)15(20)16-8-10-2-3-10;1-2-4-7-8-5-3-6-9-7;1-2-3/h4-5,10-11H,2-3,6-9H2,1H3,(H,16,20);3,5-6H,2,4H2,1H3;2H,1H3. The number of nitrogens with one attached hydrogen (secondary N) is 1. The average molecular weight is 439 g/mol. The summed E-state index contributed by atoms with van der Waals surface area (Å²) in [5.41, 5.74) is 1.71. The number of carbonyl (C=O) groups excluding carboxylic acids is 2. The van der Waals surface area contributed by atoms with Gasteiger partial charge in [0.25, 0.3) is 5.91 Å². The van der Waals surface area contributed by atoms with Gasteiger partial charge in [0.05, 0.1) is 5.69 Å². The summed E-state index contributed by atoms with van der Waals surface area (Å²) in [4.78, 5) is 38.3. The number of aryl methyl sites for hydroxylation is 1. The van der Waals surface area contributed by atoms with Crippen molar-refractivity contribution in [1.29, 1.82) is 0 Å². The summed E-state index contributed by atoms with van der Waals surface area (Å²) in [6.07, 6.45) is 10.1. The van der Waals surface area contributed by atoms with Gasteiger partial charge in [0.15, 0.2) is 5.82 Å². The largest absolute Gasteiger partial charge is 0.366 e. The van der Waals surface area contributed by atoms with Crippen LogP contribution in [0.5, 0.6) is 0 Å². The molecule has 1 amide bonds. The van der Waals surface area contributed by atoms with Crippen molar-refractivity contribution in [2.24, 2.45) is 5.92 Å². The topological polar surface area (TPSA) is 91.3 Å². The summed E-state index contributed by atoms with van der Waals surface area (Å²) in [6, 6.07) is 6.28. The first-order valence-corrected chi connectivity index (χ1v) is 11.5. The number of pyridine rings is 1. The SMILES string of the molecule is CC=O.CCCc1ncccn1.CN1c2nc(C(=O)NCC3CC3)ccc2N2CCC1C2. The Bertz CT molecular complexity index is 887. The average Bonchev–Trinajstić information content (AvgIpc) is 3.54. The van der Waals surface area contributed by atoms with E-state index in [1.54, 1.807) is 12.4 Å². The lowest BCUT2D eigenvalue weighted by Gasteiger charge is -2.34. The number of hydrogen-bond acceptors (Lipinski definition) is 7. The van der Waals surface area contributed by atoms with Crippen molar-refractivity contribution in [2.45, 2.75) is 52.0 Å². The van der Waals surface area contributed by atoms with E-state index in [0.29, 0.717) is 17.7 Å². The Morgan fingerprint density at radius 1 is 1.22 bits per heavy atom. The molecule has 1 unspecified atom stereocenters. The molecule has 8 nitrogen and oxygen atoms in total. The molecule has 172 valence electrons. The maximum Gasteiger partial charge on any atom is 0.269 e. The number of hydrogen-bond donors (Lipinski definition) is 1. The van der Waals surface area contributed by atoms with E-state index >= 15 is 0 Å². The number of fused-ring (bicyclic) bond motifs is 4. The second-order valence-corrected chi connectivity index (χ2v) is 8.34. The molecule has 2 aromatic rings. The number of anilines is 2. The molecule has 0 spiro atoms. The number of likely N-dealkylation sites (N-methyl/N-ethyl adjacent to an activating group) is 1. The quantitative estimate of drug-likeness (QED) is 0.718. The first-order valence-electron chi connectivity index (χ1n) is 11.5. The van der Waals surface area contributed by atoms with Crippen molar-refractivity contribution >= 4 is 23.7 Å². The van der Waals surface area contributed by atoms with Crippen LogP contribution in [-0.2, 0) is 11.2 Å². The number of aromatic nitrogens is 3. The molecule has 1 N–H and O–H groups in total. The molecular formula is C24H34N6O2. The van der Waals surface area contributed by atoms with Gasteiger partial charge in [-0.25, -0.2) is 15.0 Å². The molecule has 8 heteroatoms. The molecule has 5 rings (SSSR count). The fourth-order valence-corrected chi connectivity index (χ4v) is 3.86. The van der Waals surface area contributed by atoms with Crippen molar-refractivity contribution in [2.75, 3.05) is 36.5 Å². The maximum atomic E-state index is 12.1. The third kappa shape index (κ3) is 6.24. The van der Waals surface area contributed by atoms with E-state index in [-0.39, 0.29) is 5.91 Å². The Hall–Kier alpha value is -3.03. The van der Waals surface area contributed by atoms with E-state index in [9.17, 15) is 4.79 Å². The van der Waals surface area contributed by atoms with Crippen LogP contribution in [0, 0.1) is 5.92 Å². The summed E-state index contributed by atoms with van der Waals surface area (Å²) >= 11 is 0. The lowest BCUT2D eigenvalue weighted by molar-refractivity contribution is -0.106. The molecule has 1 atom stereocenters. The highest BCUT2D eigenvalue weighted by atomic mass is 16.1. The van der Waals surface area contributed by atoms with Crippen LogP contribution in [0.3, 0.4) is 0 Å². The molecule has 2 aliphatic heterocycles. The van der Waals surface area contributed by atoms with Crippen LogP contribution in [0.1, 0.15) is 55.8 Å². The predicted molar refractivity (Wildman–Crippen MR) is 126 cm³/mol. The molecule has 32 heavy (non-hydrogen) atoms. The first-order chi connectivity index (χ1) is 15.6. The first kappa shape index (κ1) is 23.6. The van der Waals surface area contributed by atoms with Gasteiger partial charge in [0.1, 0.15) is 17.8 Å². The maximum absolute atomic E-state index is 12.1. The number of aldehydes is 1. The highest BCUT2D eigenvalue weighted by molar-refractivity contribution is 5.93. The summed E-state index contributed by atoms with van der Waals surface area (Å²) in [5, 5.41) is 2.99. The van der Waals surface area contributed by atoms with Crippen LogP contribution >= 0.6 is 0 Å². The normalized spacial score (nSPS) is 17.9. The van der Waals surface area contributed by atoms with E-state index in [4.69, 9.17) is 4.79 Å². The molecule has 3 aliphatic rings. The molecule has 1 aliphatic carbocycles. The van der Waals surface area contributed by atoms with Crippen LogP contribution in [0.4, 0.5) is 11.5 Å². The molecule has 1 saturated carbocycles. The third-order valence-electron chi connectivity index (χ3n) is 5.81. The van der Waals surface area contributed by atoms with Gasteiger partial charge >= 0.3 is 0 Å². The Labute approximate surface area is 190 Å². The highest BCUT2D eigenvalue weighted by Crippen LogP contribution is 2.37. The number of rotatable bonds is 5. The van der Waals surface area contributed by atoms with E-state index in [1.165, 1.54) is 31.9 Å². The second-order valence-electron chi connectivity index (χ2n) is 8.34. The lowest BCUT2D eigenvalue weighted by Crippen LogP contribution is -2.40. The van der Waals surface area contributed by atoms with Gasteiger partial charge in [-0.15, -0.1) is 0 Å². The zero-order chi connectivity index (χ0) is 22.9. The molecule has 2 aromatic heterocycles. The van der Waals surface area contributed by atoms with Gasteiger partial charge in [0.2, 0.25) is 0 Å². The smallest absolute Gasteiger partial charge is 0.269 e. The minimum atomic E-state index is -0.0407. The van der Waals surface area contributed by atoms with Crippen molar-refractivity contribution in [3.63, 3.8) is 0 Å². The van der Waals surface area contributed by atoms with Crippen LogP contribution in [0.15, 0.2) is 30.6 Å². The van der Waals surface area contributed by atoms with Gasteiger partial charge in [-0.2, -0.15) is 0 Å². The summed E-state index contributed by atoms with van der Waals surface area (Å²) < 4.78 is 0. The molecule has 1 saturated heterocycles. The van der Waals surface area contributed by atoms with Crippen molar-refractivity contribution in [3.8, 4) is 0 Å². The minimum Gasteiger partial charge on any atom is -0.366 e.